The highest BCUT2D eigenvalue weighted by molar-refractivity contribution is 4.62. The lowest BCUT2D eigenvalue weighted by molar-refractivity contribution is 0.0796. The molecule has 0 bridgehead atoms. The lowest BCUT2D eigenvalue weighted by Crippen LogP contribution is -2.15. The summed E-state index contributed by atoms with van der Waals surface area (Å²) >= 11 is 0. The first-order valence-electron chi connectivity index (χ1n) is 4.32. The highest BCUT2D eigenvalue weighted by atomic mass is 19.1. The maximum atomic E-state index is 12.4. The van der Waals surface area contributed by atoms with Crippen LogP contribution in [0, 0.1) is 5.92 Å². The predicted molar refractivity (Wildman–Crippen MR) is 47.0 cm³/mol. The summed E-state index contributed by atoms with van der Waals surface area (Å²) in [6, 6.07) is 0. The fourth-order valence-electron chi connectivity index (χ4n) is 1.11. The Morgan fingerprint density at radius 3 is 2.42 bits per heavy atom. The SMILES string of the molecule is COCC[C@@H](CF)CC(C)OC. The van der Waals surface area contributed by atoms with E-state index >= 15 is 0 Å². The summed E-state index contributed by atoms with van der Waals surface area (Å²) in [5.41, 5.74) is 0. The summed E-state index contributed by atoms with van der Waals surface area (Å²) in [6.07, 6.45) is 1.69. The maximum Gasteiger partial charge on any atom is 0.0924 e. The van der Waals surface area contributed by atoms with Crippen LogP contribution in [0.25, 0.3) is 0 Å². The summed E-state index contributed by atoms with van der Waals surface area (Å²) < 4.78 is 22.3. The van der Waals surface area contributed by atoms with Crippen molar-refractivity contribution in [2.24, 2.45) is 5.92 Å². The summed E-state index contributed by atoms with van der Waals surface area (Å²) in [7, 11) is 3.28. The standard InChI is InChI=1S/C9H19FO2/c1-8(12-3)6-9(7-10)4-5-11-2/h8-9H,4-7H2,1-3H3/t8?,9-/m1/s1. The van der Waals surface area contributed by atoms with E-state index in [1.54, 1.807) is 14.2 Å². The molecule has 2 atom stereocenters. The van der Waals surface area contributed by atoms with E-state index in [4.69, 9.17) is 9.47 Å². The van der Waals surface area contributed by atoms with Gasteiger partial charge in [0, 0.05) is 20.8 Å². The van der Waals surface area contributed by atoms with Crippen molar-refractivity contribution in [3.8, 4) is 0 Å². The molecule has 2 nitrogen and oxygen atoms in total. The number of hydrogen-bond donors (Lipinski definition) is 0. The molecule has 3 heteroatoms. The molecule has 0 aliphatic rings. The molecular formula is C9H19FO2. The van der Waals surface area contributed by atoms with Crippen LogP contribution in [0.2, 0.25) is 0 Å². The third kappa shape index (κ3) is 5.49. The van der Waals surface area contributed by atoms with Crippen LogP contribution in [-0.2, 0) is 9.47 Å². The number of rotatable bonds is 7. The molecule has 0 aliphatic carbocycles. The van der Waals surface area contributed by atoms with E-state index in [-0.39, 0.29) is 18.7 Å². The minimum Gasteiger partial charge on any atom is -0.385 e. The van der Waals surface area contributed by atoms with Gasteiger partial charge in [-0.2, -0.15) is 0 Å². The molecule has 0 heterocycles. The molecule has 0 saturated carbocycles. The zero-order valence-corrected chi connectivity index (χ0v) is 8.18. The van der Waals surface area contributed by atoms with Gasteiger partial charge in [0.2, 0.25) is 0 Å². The first-order valence-corrected chi connectivity index (χ1v) is 4.32. The first-order chi connectivity index (χ1) is 5.74. The molecule has 0 aromatic carbocycles. The first kappa shape index (κ1) is 11.8. The van der Waals surface area contributed by atoms with Crippen molar-refractivity contribution in [2.45, 2.75) is 25.9 Å². The minimum atomic E-state index is -0.281. The van der Waals surface area contributed by atoms with Gasteiger partial charge in [-0.05, 0) is 25.7 Å². The van der Waals surface area contributed by atoms with Gasteiger partial charge in [-0.1, -0.05) is 0 Å². The molecule has 0 aromatic rings. The van der Waals surface area contributed by atoms with Crippen molar-refractivity contribution in [3.05, 3.63) is 0 Å². The lowest BCUT2D eigenvalue weighted by atomic mass is 10.0. The van der Waals surface area contributed by atoms with E-state index in [2.05, 4.69) is 0 Å². The monoisotopic (exact) mass is 178 g/mol. The molecule has 1 unspecified atom stereocenters. The quantitative estimate of drug-likeness (QED) is 0.594. The van der Waals surface area contributed by atoms with Crippen molar-refractivity contribution in [1.29, 1.82) is 0 Å². The number of methoxy groups -OCH3 is 2. The second kappa shape index (κ2) is 7.50. The van der Waals surface area contributed by atoms with Crippen LogP contribution in [0.1, 0.15) is 19.8 Å². The molecule has 0 aliphatic heterocycles. The van der Waals surface area contributed by atoms with E-state index < -0.39 is 0 Å². The number of halogens is 1. The normalized spacial score (nSPS) is 16.0. The van der Waals surface area contributed by atoms with Crippen LogP contribution in [-0.4, -0.2) is 33.6 Å². The van der Waals surface area contributed by atoms with Gasteiger partial charge < -0.3 is 9.47 Å². The Labute approximate surface area is 74.1 Å². The topological polar surface area (TPSA) is 18.5 Å². The second-order valence-electron chi connectivity index (χ2n) is 3.08. The molecule has 0 radical (unpaired) electrons. The Kier molecular flexibility index (Phi) is 7.40. The minimum absolute atomic E-state index is 0.0832. The van der Waals surface area contributed by atoms with Crippen LogP contribution >= 0.6 is 0 Å². The van der Waals surface area contributed by atoms with Crippen molar-refractivity contribution in [2.75, 3.05) is 27.5 Å². The number of hydrogen-bond acceptors (Lipinski definition) is 2. The largest absolute Gasteiger partial charge is 0.385 e. The molecule has 0 rings (SSSR count). The molecule has 0 spiro atoms. The van der Waals surface area contributed by atoms with Crippen LogP contribution in [0.3, 0.4) is 0 Å². The Hall–Kier alpha value is -0.150. The highest BCUT2D eigenvalue weighted by Gasteiger charge is 2.12. The van der Waals surface area contributed by atoms with E-state index in [9.17, 15) is 4.39 Å². The van der Waals surface area contributed by atoms with Gasteiger partial charge in [-0.25, -0.2) is 0 Å². The third-order valence-electron chi connectivity index (χ3n) is 2.02. The van der Waals surface area contributed by atoms with Gasteiger partial charge in [0.1, 0.15) is 0 Å². The average Bonchev–Trinajstić information content (AvgIpc) is 2.11. The zero-order valence-electron chi connectivity index (χ0n) is 8.18. The molecular weight excluding hydrogens is 159 g/mol. The second-order valence-corrected chi connectivity index (χ2v) is 3.08. The lowest BCUT2D eigenvalue weighted by Gasteiger charge is -2.16. The van der Waals surface area contributed by atoms with Crippen molar-refractivity contribution < 1.29 is 13.9 Å². The molecule has 0 N–H and O–H groups in total. The number of alkyl halides is 1. The summed E-state index contributed by atoms with van der Waals surface area (Å²) in [6.45, 7) is 2.30. The Bertz CT molecular complexity index is 98.5. The molecule has 74 valence electrons. The van der Waals surface area contributed by atoms with Gasteiger partial charge in [0.25, 0.3) is 0 Å². The van der Waals surface area contributed by atoms with Crippen LogP contribution in [0.5, 0.6) is 0 Å². The van der Waals surface area contributed by atoms with Crippen LogP contribution < -0.4 is 0 Å². The van der Waals surface area contributed by atoms with E-state index in [1.807, 2.05) is 6.92 Å². The van der Waals surface area contributed by atoms with Gasteiger partial charge in [-0.3, -0.25) is 4.39 Å². The summed E-state index contributed by atoms with van der Waals surface area (Å²) in [4.78, 5) is 0. The van der Waals surface area contributed by atoms with Gasteiger partial charge in [0.05, 0.1) is 12.8 Å². The molecule has 0 fully saturated rings. The molecule has 0 amide bonds. The van der Waals surface area contributed by atoms with E-state index in [0.717, 1.165) is 12.8 Å². The fourth-order valence-corrected chi connectivity index (χ4v) is 1.11. The molecule has 0 saturated heterocycles. The summed E-state index contributed by atoms with van der Waals surface area (Å²) in [5, 5.41) is 0. The smallest absolute Gasteiger partial charge is 0.0924 e. The fraction of sp³-hybridized carbons (Fsp3) is 1.00. The van der Waals surface area contributed by atoms with Crippen LogP contribution in [0.4, 0.5) is 4.39 Å². The van der Waals surface area contributed by atoms with Crippen molar-refractivity contribution in [1.82, 2.24) is 0 Å². The van der Waals surface area contributed by atoms with Crippen molar-refractivity contribution >= 4 is 0 Å². The van der Waals surface area contributed by atoms with E-state index in [1.165, 1.54) is 0 Å². The third-order valence-corrected chi connectivity index (χ3v) is 2.02. The van der Waals surface area contributed by atoms with Gasteiger partial charge >= 0.3 is 0 Å². The Morgan fingerprint density at radius 1 is 1.33 bits per heavy atom. The Balaban J connectivity index is 3.51. The summed E-state index contributed by atoms with van der Waals surface area (Å²) in [5.74, 6) is 0.0832. The van der Waals surface area contributed by atoms with Gasteiger partial charge in [-0.15, -0.1) is 0 Å². The Morgan fingerprint density at radius 2 is 2.00 bits per heavy atom. The average molecular weight is 178 g/mol. The van der Waals surface area contributed by atoms with Gasteiger partial charge in [0.15, 0.2) is 0 Å². The van der Waals surface area contributed by atoms with E-state index in [0.29, 0.717) is 6.61 Å². The van der Waals surface area contributed by atoms with Crippen LogP contribution in [0.15, 0.2) is 0 Å². The van der Waals surface area contributed by atoms with Crippen molar-refractivity contribution in [3.63, 3.8) is 0 Å². The highest BCUT2D eigenvalue weighted by Crippen LogP contribution is 2.13. The number of ether oxygens (including phenoxy) is 2. The molecule has 12 heavy (non-hydrogen) atoms. The molecule has 0 aromatic heterocycles. The zero-order chi connectivity index (χ0) is 9.40. The maximum absolute atomic E-state index is 12.4. The predicted octanol–water partition coefficient (Wildman–Crippen LogP) is 2.03.